The van der Waals surface area contributed by atoms with E-state index >= 15 is 0 Å². The molecule has 4 aromatic rings. The molecule has 0 bridgehead atoms. The van der Waals surface area contributed by atoms with Crippen LogP contribution >= 0.6 is 0 Å². The van der Waals surface area contributed by atoms with E-state index in [1.54, 1.807) is 12.4 Å². The summed E-state index contributed by atoms with van der Waals surface area (Å²) in [7, 11) is 0. The van der Waals surface area contributed by atoms with Gasteiger partial charge in [0.2, 0.25) is 5.95 Å². The van der Waals surface area contributed by atoms with Gasteiger partial charge in [-0.2, -0.15) is 0 Å². The topological polar surface area (TPSA) is 30.7 Å². The van der Waals surface area contributed by atoms with Crippen LogP contribution in [0.15, 0.2) is 73.1 Å². The van der Waals surface area contributed by atoms with E-state index in [1.807, 2.05) is 12.1 Å². The predicted octanol–water partition coefficient (Wildman–Crippen LogP) is 4.40. The maximum absolute atomic E-state index is 4.44. The Kier molecular flexibility index (Phi) is 2.97. The molecule has 2 aromatic carbocycles. The van der Waals surface area contributed by atoms with Gasteiger partial charge in [-0.25, -0.2) is 9.97 Å². The second-order valence-corrected chi connectivity index (χ2v) is 5.34. The Balaban J connectivity index is 2.08. The number of nitrogens with zero attached hydrogens (tertiary/aromatic N) is 3. The van der Waals surface area contributed by atoms with Crippen LogP contribution in [-0.2, 0) is 0 Å². The Bertz CT molecular complexity index is 925. The van der Waals surface area contributed by atoms with Gasteiger partial charge in [-0.3, -0.25) is 4.57 Å². The zero-order valence-electron chi connectivity index (χ0n) is 12.3. The summed E-state index contributed by atoms with van der Waals surface area (Å²) >= 11 is 0. The third-order valence-electron chi connectivity index (χ3n) is 3.78. The number of hydrogen-bond donors (Lipinski definition) is 0. The largest absolute Gasteiger partial charge is 0.278 e. The first-order valence-corrected chi connectivity index (χ1v) is 7.28. The molecule has 0 fully saturated rings. The number of aryl methyl sites for hydroxylation is 1. The molecular weight excluding hydrogens is 270 g/mol. The smallest absolute Gasteiger partial charge is 0.234 e. The lowest BCUT2D eigenvalue weighted by Gasteiger charge is -2.09. The number of benzene rings is 2. The number of aromatic nitrogens is 3. The molecule has 0 amide bonds. The van der Waals surface area contributed by atoms with Crippen molar-refractivity contribution in [3.8, 4) is 17.2 Å². The third kappa shape index (κ3) is 2.07. The monoisotopic (exact) mass is 285 g/mol. The highest BCUT2D eigenvalue weighted by Crippen LogP contribution is 2.30. The molecule has 0 aliphatic rings. The molecule has 0 N–H and O–H groups in total. The lowest BCUT2D eigenvalue weighted by molar-refractivity contribution is 0.967. The molecule has 3 nitrogen and oxygen atoms in total. The van der Waals surface area contributed by atoms with Gasteiger partial charge in [0, 0.05) is 17.8 Å². The molecule has 0 atom stereocenters. The highest BCUT2D eigenvalue weighted by molar-refractivity contribution is 5.89. The fourth-order valence-corrected chi connectivity index (χ4v) is 2.75. The molecule has 0 saturated carbocycles. The second-order valence-electron chi connectivity index (χ2n) is 5.34. The molecule has 4 rings (SSSR count). The van der Waals surface area contributed by atoms with Crippen LogP contribution in [0.5, 0.6) is 0 Å². The first-order chi connectivity index (χ1) is 10.8. The summed E-state index contributed by atoms with van der Waals surface area (Å²) in [6, 6.07) is 20.8. The van der Waals surface area contributed by atoms with Gasteiger partial charge < -0.3 is 0 Å². The van der Waals surface area contributed by atoms with Gasteiger partial charge in [-0.1, -0.05) is 42.5 Å². The molecule has 22 heavy (non-hydrogen) atoms. The van der Waals surface area contributed by atoms with Gasteiger partial charge >= 0.3 is 0 Å². The molecule has 0 spiro atoms. The van der Waals surface area contributed by atoms with Crippen molar-refractivity contribution in [3.63, 3.8) is 0 Å². The summed E-state index contributed by atoms with van der Waals surface area (Å²) in [6.07, 6.45) is 3.55. The van der Waals surface area contributed by atoms with Crippen molar-refractivity contribution in [2.75, 3.05) is 0 Å². The SMILES string of the molecule is Cc1ccc2cc(-c3ccccc3)n(-c3ncccn3)c2c1. The summed E-state index contributed by atoms with van der Waals surface area (Å²) < 4.78 is 2.12. The zero-order valence-corrected chi connectivity index (χ0v) is 12.3. The normalized spacial score (nSPS) is 11.0. The van der Waals surface area contributed by atoms with Crippen LogP contribution in [0.4, 0.5) is 0 Å². The van der Waals surface area contributed by atoms with Gasteiger partial charge in [0.15, 0.2) is 0 Å². The maximum atomic E-state index is 4.44. The molecule has 0 saturated heterocycles. The lowest BCUT2D eigenvalue weighted by atomic mass is 10.1. The van der Waals surface area contributed by atoms with Crippen LogP contribution in [0.25, 0.3) is 28.1 Å². The first kappa shape index (κ1) is 12.8. The molecule has 0 unspecified atom stereocenters. The fourth-order valence-electron chi connectivity index (χ4n) is 2.75. The van der Waals surface area contributed by atoms with Gasteiger partial charge in [-0.15, -0.1) is 0 Å². The van der Waals surface area contributed by atoms with E-state index in [0.29, 0.717) is 5.95 Å². The van der Waals surface area contributed by atoms with Crippen molar-refractivity contribution < 1.29 is 0 Å². The van der Waals surface area contributed by atoms with Crippen LogP contribution in [0.3, 0.4) is 0 Å². The van der Waals surface area contributed by atoms with Crippen molar-refractivity contribution in [2.24, 2.45) is 0 Å². The van der Waals surface area contributed by atoms with Crippen molar-refractivity contribution in [2.45, 2.75) is 6.92 Å². The summed E-state index contributed by atoms with van der Waals surface area (Å²) in [4.78, 5) is 8.88. The molecule has 2 aromatic heterocycles. The van der Waals surface area contributed by atoms with Crippen molar-refractivity contribution in [3.05, 3.63) is 78.6 Å². The molecule has 2 heterocycles. The highest BCUT2D eigenvalue weighted by atomic mass is 15.2. The van der Waals surface area contributed by atoms with Crippen LogP contribution in [-0.4, -0.2) is 14.5 Å². The van der Waals surface area contributed by atoms with Crippen molar-refractivity contribution >= 4 is 10.9 Å². The van der Waals surface area contributed by atoms with E-state index in [2.05, 4.69) is 70.0 Å². The first-order valence-electron chi connectivity index (χ1n) is 7.28. The van der Waals surface area contributed by atoms with Crippen LogP contribution < -0.4 is 0 Å². The predicted molar refractivity (Wildman–Crippen MR) is 89.0 cm³/mol. The summed E-state index contributed by atoms with van der Waals surface area (Å²) in [5.74, 6) is 0.696. The quantitative estimate of drug-likeness (QED) is 0.546. The Morgan fingerprint density at radius 3 is 2.36 bits per heavy atom. The Morgan fingerprint density at radius 2 is 1.59 bits per heavy atom. The molecular formula is C19H15N3. The van der Waals surface area contributed by atoms with E-state index in [0.717, 1.165) is 16.8 Å². The van der Waals surface area contributed by atoms with Crippen molar-refractivity contribution in [1.29, 1.82) is 0 Å². The summed E-state index contributed by atoms with van der Waals surface area (Å²) in [5.41, 5.74) is 4.61. The van der Waals surface area contributed by atoms with E-state index in [9.17, 15) is 0 Å². The van der Waals surface area contributed by atoms with Gasteiger partial charge in [0.1, 0.15) is 0 Å². The van der Waals surface area contributed by atoms with Crippen LogP contribution in [0, 0.1) is 6.92 Å². The van der Waals surface area contributed by atoms with Gasteiger partial charge in [0.25, 0.3) is 0 Å². The second kappa shape index (κ2) is 5.11. The minimum Gasteiger partial charge on any atom is -0.278 e. The number of fused-ring (bicyclic) bond motifs is 1. The Hall–Kier alpha value is -2.94. The highest BCUT2D eigenvalue weighted by Gasteiger charge is 2.13. The Morgan fingerprint density at radius 1 is 0.818 bits per heavy atom. The van der Waals surface area contributed by atoms with Gasteiger partial charge in [0.05, 0.1) is 11.2 Å². The Labute approximate surface area is 128 Å². The maximum Gasteiger partial charge on any atom is 0.234 e. The average molecular weight is 285 g/mol. The van der Waals surface area contributed by atoms with E-state index < -0.39 is 0 Å². The minimum atomic E-state index is 0.696. The summed E-state index contributed by atoms with van der Waals surface area (Å²) in [6.45, 7) is 2.10. The average Bonchev–Trinajstić information content (AvgIpc) is 2.95. The third-order valence-corrected chi connectivity index (χ3v) is 3.78. The van der Waals surface area contributed by atoms with E-state index in [1.165, 1.54) is 10.9 Å². The number of hydrogen-bond acceptors (Lipinski definition) is 2. The molecule has 106 valence electrons. The fraction of sp³-hybridized carbons (Fsp3) is 0.0526. The number of rotatable bonds is 2. The van der Waals surface area contributed by atoms with Crippen molar-refractivity contribution in [1.82, 2.24) is 14.5 Å². The molecule has 0 aliphatic heterocycles. The zero-order chi connectivity index (χ0) is 14.9. The minimum absolute atomic E-state index is 0.696. The molecule has 0 radical (unpaired) electrons. The van der Waals surface area contributed by atoms with E-state index in [4.69, 9.17) is 0 Å². The van der Waals surface area contributed by atoms with Gasteiger partial charge in [-0.05, 0) is 36.2 Å². The van der Waals surface area contributed by atoms with Crippen LogP contribution in [0.2, 0.25) is 0 Å². The summed E-state index contributed by atoms with van der Waals surface area (Å²) in [5, 5.41) is 1.19. The molecule has 3 heteroatoms. The van der Waals surface area contributed by atoms with E-state index in [-0.39, 0.29) is 0 Å². The molecule has 0 aliphatic carbocycles. The standard InChI is InChI=1S/C19H15N3/c1-14-8-9-16-13-18(15-6-3-2-4-7-15)22(17(16)12-14)19-20-10-5-11-21-19/h2-13H,1H3. The lowest BCUT2D eigenvalue weighted by Crippen LogP contribution is -2.01. The van der Waals surface area contributed by atoms with Crippen LogP contribution in [0.1, 0.15) is 5.56 Å².